The molecule has 1 unspecified atom stereocenters. The number of amides is 1. The van der Waals surface area contributed by atoms with Crippen LogP contribution in [0.4, 0.5) is 4.39 Å². The highest BCUT2D eigenvalue weighted by Crippen LogP contribution is 2.24. The molecule has 0 bridgehead atoms. The predicted octanol–water partition coefficient (Wildman–Crippen LogP) is 3.08. The van der Waals surface area contributed by atoms with E-state index in [1.807, 2.05) is 0 Å². The molecule has 156 valence electrons. The predicted molar refractivity (Wildman–Crippen MR) is 108 cm³/mol. The summed E-state index contributed by atoms with van der Waals surface area (Å²) in [5, 5.41) is 3.24. The van der Waals surface area contributed by atoms with Crippen molar-refractivity contribution in [1.82, 2.24) is 9.62 Å². The molecule has 6 nitrogen and oxygen atoms in total. The second-order valence-electron chi connectivity index (χ2n) is 6.75. The summed E-state index contributed by atoms with van der Waals surface area (Å²) in [4.78, 5) is 12.6. The van der Waals surface area contributed by atoms with Gasteiger partial charge in [0.2, 0.25) is 15.9 Å². The average Bonchev–Trinajstić information content (AvgIpc) is 2.73. The molecule has 1 saturated heterocycles. The number of hydrogen-bond acceptors (Lipinski definition) is 4. The van der Waals surface area contributed by atoms with Crippen LogP contribution >= 0.6 is 11.6 Å². The van der Waals surface area contributed by atoms with E-state index in [1.165, 1.54) is 52.8 Å². The third-order valence-corrected chi connectivity index (χ3v) is 6.82. The molecule has 9 heteroatoms. The van der Waals surface area contributed by atoms with Gasteiger partial charge in [0.05, 0.1) is 17.4 Å². The monoisotopic (exact) mass is 440 g/mol. The van der Waals surface area contributed by atoms with Crippen molar-refractivity contribution in [3.63, 3.8) is 0 Å². The van der Waals surface area contributed by atoms with E-state index in [1.54, 1.807) is 0 Å². The van der Waals surface area contributed by atoms with Crippen LogP contribution in [0, 0.1) is 11.7 Å². The lowest BCUT2D eigenvalue weighted by Gasteiger charge is -2.31. The van der Waals surface area contributed by atoms with E-state index in [-0.39, 0.29) is 36.3 Å². The molecule has 0 saturated carbocycles. The van der Waals surface area contributed by atoms with Crippen LogP contribution < -0.4 is 10.1 Å². The van der Waals surface area contributed by atoms with Crippen molar-refractivity contribution in [3.8, 4) is 5.75 Å². The first-order valence-corrected chi connectivity index (χ1v) is 11.1. The summed E-state index contributed by atoms with van der Waals surface area (Å²) in [7, 11) is -3.67. The number of halogens is 2. The number of ether oxygens (including phenoxy) is 1. The molecule has 1 amide bonds. The standard InChI is InChI=1S/C20H22ClFN2O4S/c21-16-3-9-19(10-4-16)29(26,27)24-12-1-2-15(14-24)20(25)23-11-13-28-18-7-5-17(22)6-8-18/h3-10,15H,1-2,11-14H2,(H,23,25). The zero-order chi connectivity index (χ0) is 20.9. The van der Waals surface area contributed by atoms with Gasteiger partial charge < -0.3 is 10.1 Å². The lowest BCUT2D eigenvalue weighted by molar-refractivity contribution is -0.126. The first kappa shape index (κ1) is 21.5. The summed E-state index contributed by atoms with van der Waals surface area (Å²) in [5.41, 5.74) is 0. The summed E-state index contributed by atoms with van der Waals surface area (Å²) in [6.07, 6.45) is 1.23. The number of piperidine rings is 1. The van der Waals surface area contributed by atoms with Crippen molar-refractivity contribution in [1.29, 1.82) is 0 Å². The first-order valence-electron chi connectivity index (χ1n) is 9.28. The van der Waals surface area contributed by atoms with E-state index in [0.717, 1.165) is 0 Å². The van der Waals surface area contributed by atoms with Crippen LogP contribution in [-0.4, -0.2) is 44.9 Å². The van der Waals surface area contributed by atoms with E-state index in [9.17, 15) is 17.6 Å². The molecule has 0 radical (unpaired) electrons. The molecule has 1 aliphatic heterocycles. The Bertz CT molecular complexity index is 936. The Hall–Kier alpha value is -2.16. The van der Waals surface area contributed by atoms with E-state index >= 15 is 0 Å². The van der Waals surface area contributed by atoms with Crippen LogP contribution in [0.25, 0.3) is 0 Å². The maximum Gasteiger partial charge on any atom is 0.243 e. The van der Waals surface area contributed by atoms with Gasteiger partial charge in [-0.3, -0.25) is 4.79 Å². The fourth-order valence-corrected chi connectivity index (χ4v) is 4.80. The molecule has 1 fully saturated rings. The molecule has 1 atom stereocenters. The van der Waals surface area contributed by atoms with Crippen LogP contribution in [0.2, 0.25) is 5.02 Å². The van der Waals surface area contributed by atoms with Gasteiger partial charge in [0.25, 0.3) is 0 Å². The number of nitrogens with one attached hydrogen (secondary N) is 1. The molecule has 1 aliphatic rings. The number of rotatable bonds is 7. The molecular formula is C20H22ClFN2O4S. The van der Waals surface area contributed by atoms with Crippen molar-refractivity contribution in [2.45, 2.75) is 17.7 Å². The van der Waals surface area contributed by atoms with Gasteiger partial charge in [-0.05, 0) is 61.4 Å². The normalized spacial score (nSPS) is 17.7. The Morgan fingerprint density at radius 2 is 1.86 bits per heavy atom. The summed E-state index contributed by atoms with van der Waals surface area (Å²) >= 11 is 5.83. The largest absolute Gasteiger partial charge is 0.492 e. The lowest BCUT2D eigenvalue weighted by atomic mass is 9.99. The topological polar surface area (TPSA) is 75.7 Å². The second kappa shape index (κ2) is 9.56. The molecule has 3 rings (SSSR count). The maximum absolute atomic E-state index is 12.9. The third kappa shape index (κ3) is 5.68. The fourth-order valence-electron chi connectivity index (χ4n) is 3.15. The summed E-state index contributed by atoms with van der Waals surface area (Å²) in [6.45, 7) is 1.02. The molecule has 0 aromatic heterocycles. The van der Waals surface area contributed by atoms with Gasteiger partial charge in [-0.1, -0.05) is 11.6 Å². The molecule has 2 aromatic rings. The minimum absolute atomic E-state index is 0.135. The molecule has 0 spiro atoms. The summed E-state index contributed by atoms with van der Waals surface area (Å²) in [5.74, 6) is -0.458. The Morgan fingerprint density at radius 1 is 1.17 bits per heavy atom. The summed E-state index contributed by atoms with van der Waals surface area (Å²) < 4.78 is 45.3. The van der Waals surface area contributed by atoms with E-state index in [4.69, 9.17) is 16.3 Å². The molecule has 0 aliphatic carbocycles. The van der Waals surface area contributed by atoms with Gasteiger partial charge >= 0.3 is 0 Å². The smallest absolute Gasteiger partial charge is 0.243 e. The zero-order valence-electron chi connectivity index (χ0n) is 15.7. The van der Waals surface area contributed by atoms with Gasteiger partial charge in [0.1, 0.15) is 18.2 Å². The summed E-state index contributed by atoms with van der Waals surface area (Å²) in [6, 6.07) is 11.6. The zero-order valence-corrected chi connectivity index (χ0v) is 17.3. The van der Waals surface area contributed by atoms with Gasteiger partial charge in [-0.15, -0.1) is 0 Å². The van der Waals surface area contributed by atoms with Crippen LogP contribution in [-0.2, 0) is 14.8 Å². The third-order valence-electron chi connectivity index (χ3n) is 4.69. The van der Waals surface area contributed by atoms with E-state index in [2.05, 4.69) is 5.32 Å². The second-order valence-corrected chi connectivity index (χ2v) is 9.12. The minimum Gasteiger partial charge on any atom is -0.492 e. The highest BCUT2D eigenvalue weighted by Gasteiger charge is 2.33. The van der Waals surface area contributed by atoms with Gasteiger partial charge in [-0.25, -0.2) is 12.8 Å². The quantitative estimate of drug-likeness (QED) is 0.671. The van der Waals surface area contributed by atoms with Gasteiger partial charge in [0, 0.05) is 18.1 Å². The SMILES string of the molecule is O=C(NCCOc1ccc(F)cc1)C1CCCN(S(=O)(=O)c2ccc(Cl)cc2)C1. The number of nitrogens with zero attached hydrogens (tertiary/aromatic N) is 1. The van der Waals surface area contributed by atoms with Crippen molar-refractivity contribution < 1.29 is 22.3 Å². The van der Waals surface area contributed by atoms with Crippen LogP contribution in [0.3, 0.4) is 0 Å². The Kier molecular flexibility index (Phi) is 7.10. The Morgan fingerprint density at radius 3 is 2.55 bits per heavy atom. The highest BCUT2D eigenvalue weighted by atomic mass is 35.5. The first-order chi connectivity index (χ1) is 13.9. The fraction of sp³-hybridized carbons (Fsp3) is 0.350. The van der Waals surface area contributed by atoms with Crippen molar-refractivity contribution in [2.75, 3.05) is 26.2 Å². The van der Waals surface area contributed by atoms with Crippen LogP contribution in [0.15, 0.2) is 53.4 Å². The average molecular weight is 441 g/mol. The lowest BCUT2D eigenvalue weighted by Crippen LogP contribution is -2.45. The molecular weight excluding hydrogens is 419 g/mol. The van der Waals surface area contributed by atoms with Crippen LogP contribution in [0.1, 0.15) is 12.8 Å². The molecule has 29 heavy (non-hydrogen) atoms. The van der Waals surface area contributed by atoms with Crippen molar-refractivity contribution in [3.05, 3.63) is 59.4 Å². The van der Waals surface area contributed by atoms with Gasteiger partial charge in [-0.2, -0.15) is 4.31 Å². The molecule has 1 N–H and O–H groups in total. The Balaban J connectivity index is 1.51. The number of carbonyl (C=O) groups excluding carboxylic acids is 1. The Labute approximate surface area is 174 Å². The van der Waals surface area contributed by atoms with Crippen molar-refractivity contribution >= 4 is 27.5 Å². The van der Waals surface area contributed by atoms with Crippen LogP contribution in [0.5, 0.6) is 5.75 Å². The maximum atomic E-state index is 12.9. The minimum atomic E-state index is -3.67. The highest BCUT2D eigenvalue weighted by molar-refractivity contribution is 7.89. The number of benzene rings is 2. The number of carbonyl (C=O) groups is 1. The molecule has 1 heterocycles. The van der Waals surface area contributed by atoms with E-state index in [0.29, 0.717) is 30.2 Å². The molecule has 2 aromatic carbocycles. The van der Waals surface area contributed by atoms with Gasteiger partial charge in [0.15, 0.2) is 0 Å². The number of hydrogen-bond donors (Lipinski definition) is 1. The van der Waals surface area contributed by atoms with Crippen molar-refractivity contribution in [2.24, 2.45) is 5.92 Å². The number of sulfonamides is 1. The van der Waals surface area contributed by atoms with E-state index < -0.39 is 15.9 Å².